The topological polar surface area (TPSA) is 96.1 Å². The highest BCUT2D eigenvalue weighted by molar-refractivity contribution is 5.23. The molecule has 7 rings (SSSR count). The van der Waals surface area contributed by atoms with Crippen molar-refractivity contribution in [3.63, 3.8) is 0 Å². The second-order valence-electron chi connectivity index (χ2n) is 13.2. The minimum atomic E-state index is -2.58. The van der Waals surface area contributed by atoms with Crippen LogP contribution in [0.2, 0.25) is 0 Å². The summed E-state index contributed by atoms with van der Waals surface area (Å²) in [6, 6.07) is 4.41. The van der Waals surface area contributed by atoms with Gasteiger partial charge in [-0.1, -0.05) is 0 Å². The molecule has 11 nitrogen and oxygen atoms in total. The maximum absolute atomic E-state index is 13.8. The first kappa shape index (κ1) is 28.5. The van der Waals surface area contributed by atoms with Crippen LogP contribution >= 0.6 is 0 Å². The maximum Gasteiger partial charge on any atom is 0.275 e. The molecule has 0 aromatic carbocycles. The van der Waals surface area contributed by atoms with E-state index in [2.05, 4.69) is 79.9 Å². The van der Waals surface area contributed by atoms with E-state index in [1.165, 1.54) is 5.69 Å². The van der Waals surface area contributed by atoms with Crippen molar-refractivity contribution in [2.24, 2.45) is 18.9 Å². The summed E-state index contributed by atoms with van der Waals surface area (Å²) in [7, 11) is 4.16. The number of piperidine rings is 1. The number of fused-ring (bicyclic) bond motifs is 5. The van der Waals surface area contributed by atoms with E-state index < -0.39 is 12.0 Å². The summed E-state index contributed by atoms with van der Waals surface area (Å²) in [6.07, 6.45) is 3.61. The Balaban J connectivity index is 1.11. The Morgan fingerprint density at radius 1 is 1.02 bits per heavy atom. The van der Waals surface area contributed by atoms with Gasteiger partial charge in [-0.05, 0) is 51.8 Å². The number of halogens is 2. The van der Waals surface area contributed by atoms with E-state index in [1.807, 2.05) is 4.90 Å². The van der Waals surface area contributed by atoms with E-state index in [9.17, 15) is 8.78 Å². The number of hydrogen-bond acceptors (Lipinski definition) is 10. The van der Waals surface area contributed by atoms with Gasteiger partial charge in [0.25, 0.3) is 5.92 Å². The van der Waals surface area contributed by atoms with Crippen molar-refractivity contribution in [1.82, 2.24) is 51.6 Å². The van der Waals surface area contributed by atoms with Crippen LogP contribution in [-0.4, -0.2) is 108 Å². The lowest BCUT2D eigenvalue weighted by Gasteiger charge is -2.45. The summed E-state index contributed by atoms with van der Waals surface area (Å²) in [5, 5.41) is 19.9. The van der Waals surface area contributed by atoms with Crippen molar-refractivity contribution < 1.29 is 13.5 Å². The lowest BCUT2D eigenvalue weighted by atomic mass is 9.85. The van der Waals surface area contributed by atoms with Gasteiger partial charge in [0.2, 0.25) is 0 Å². The highest BCUT2D eigenvalue weighted by Crippen LogP contribution is 2.40. The number of alkyl halides is 2. The SMILES string of the molecule is CC1N(Cc2ccc(C3NN4C5CC(NCC35)NC3CCNC(N3)C3CNN(C)C3OCC[C@@H]4C)n2C)CC1(F)F. The van der Waals surface area contributed by atoms with Crippen LogP contribution in [0.5, 0.6) is 0 Å². The fourth-order valence-electron chi connectivity index (χ4n) is 8.07. The lowest BCUT2D eigenvalue weighted by Crippen LogP contribution is -2.67. The van der Waals surface area contributed by atoms with Crippen LogP contribution in [0.3, 0.4) is 0 Å². The molecule has 13 heteroatoms. The van der Waals surface area contributed by atoms with E-state index in [0.29, 0.717) is 37.1 Å². The normalized spacial score (nSPS) is 43.9. The van der Waals surface area contributed by atoms with Crippen LogP contribution in [0.25, 0.3) is 0 Å². The minimum absolute atomic E-state index is 0.00872. The number of hydrazine groups is 2. The quantitative estimate of drug-likeness (QED) is 0.296. The highest BCUT2D eigenvalue weighted by atomic mass is 19.3. The average molecular weight is 579 g/mol. The number of hydrogen-bond donors (Lipinski definition) is 6. The number of nitrogens with zero attached hydrogens (tertiary/aromatic N) is 4. The molecule has 41 heavy (non-hydrogen) atoms. The van der Waals surface area contributed by atoms with Crippen molar-refractivity contribution in [2.45, 2.75) is 94.5 Å². The molecule has 7 heterocycles. The van der Waals surface area contributed by atoms with E-state index >= 15 is 0 Å². The minimum Gasteiger partial charge on any atom is -0.361 e. The Morgan fingerprint density at radius 3 is 2.68 bits per heavy atom. The third-order valence-corrected chi connectivity index (χ3v) is 10.8. The van der Waals surface area contributed by atoms with Gasteiger partial charge >= 0.3 is 0 Å². The van der Waals surface area contributed by atoms with Crippen molar-refractivity contribution in [3.8, 4) is 0 Å². The van der Waals surface area contributed by atoms with Crippen molar-refractivity contribution >= 4 is 0 Å². The zero-order valence-corrected chi connectivity index (χ0v) is 24.7. The maximum atomic E-state index is 13.8. The van der Waals surface area contributed by atoms with Gasteiger partial charge < -0.3 is 19.9 Å². The molecule has 0 spiro atoms. The summed E-state index contributed by atoms with van der Waals surface area (Å²) < 4.78 is 36.4. The number of ether oxygens (including phenoxy) is 1. The van der Waals surface area contributed by atoms with Gasteiger partial charge in [0.1, 0.15) is 6.23 Å². The van der Waals surface area contributed by atoms with E-state index in [4.69, 9.17) is 4.74 Å². The van der Waals surface area contributed by atoms with Gasteiger partial charge in [-0.25, -0.2) is 24.2 Å². The molecule has 6 aliphatic rings. The third kappa shape index (κ3) is 5.15. The lowest BCUT2D eigenvalue weighted by molar-refractivity contribution is -0.180. The molecule has 6 N–H and O–H groups in total. The Kier molecular flexibility index (Phi) is 7.67. The molecule has 6 fully saturated rings. The monoisotopic (exact) mass is 578 g/mol. The molecule has 0 amide bonds. The van der Waals surface area contributed by atoms with Gasteiger partial charge in [0.15, 0.2) is 0 Å². The molecule has 1 aromatic heterocycles. The predicted octanol–water partition coefficient (Wildman–Crippen LogP) is 0.0558. The number of rotatable bonds is 3. The molecular formula is C28H48F2N10O. The van der Waals surface area contributed by atoms with Gasteiger partial charge in [-0.15, -0.1) is 0 Å². The zero-order valence-electron chi connectivity index (χ0n) is 24.7. The Hall–Kier alpha value is -1.26. The first-order chi connectivity index (χ1) is 19.7. The first-order valence-electron chi connectivity index (χ1n) is 15.6. The van der Waals surface area contributed by atoms with Gasteiger partial charge in [-0.2, -0.15) is 0 Å². The van der Waals surface area contributed by atoms with Crippen molar-refractivity contribution in [1.29, 1.82) is 0 Å². The van der Waals surface area contributed by atoms with Gasteiger partial charge in [0, 0.05) is 69.0 Å². The zero-order chi connectivity index (χ0) is 28.5. The summed E-state index contributed by atoms with van der Waals surface area (Å²) in [4.78, 5) is 1.87. The fourth-order valence-corrected chi connectivity index (χ4v) is 8.07. The van der Waals surface area contributed by atoms with Crippen LogP contribution < -0.4 is 32.1 Å². The van der Waals surface area contributed by atoms with Crippen LogP contribution in [0, 0.1) is 11.8 Å². The number of aromatic nitrogens is 1. The van der Waals surface area contributed by atoms with Crippen LogP contribution in [-0.2, 0) is 18.3 Å². The van der Waals surface area contributed by atoms with E-state index in [-0.39, 0.29) is 37.3 Å². The third-order valence-electron chi connectivity index (χ3n) is 10.8. The Labute approximate surface area is 242 Å². The van der Waals surface area contributed by atoms with Gasteiger partial charge in [0.05, 0.1) is 43.7 Å². The standard InChI is InChI=1S/C28H48F2N10O/c1-16-8-10-41-27-20(13-33-38(27)4)26-31-9-7-23(35-26)34-24-11-22-19(12-32-24)25(36-40(16)22)21-6-5-18(37(21)3)14-39-15-28(29,30)17(39)2/h5-6,16-17,19-20,22-27,31-36H,7-15H2,1-4H3/t16-,17?,19?,20?,22?,23?,24?,25?,26?,27?/m0/s1. The van der Waals surface area contributed by atoms with Crippen molar-refractivity contribution in [3.05, 3.63) is 23.5 Å². The summed E-state index contributed by atoms with van der Waals surface area (Å²) >= 11 is 0. The number of likely N-dealkylation sites (tertiary alicyclic amines) is 1. The smallest absolute Gasteiger partial charge is 0.275 e. The second-order valence-corrected chi connectivity index (χ2v) is 13.2. The summed E-state index contributed by atoms with van der Waals surface area (Å²) in [5.41, 5.74) is 9.71. The molecule has 10 atom stereocenters. The number of nitrogens with one attached hydrogen (secondary N) is 6. The highest BCUT2D eigenvalue weighted by Gasteiger charge is 2.52. The largest absolute Gasteiger partial charge is 0.361 e. The fraction of sp³-hybridized carbons (Fsp3) is 0.857. The molecule has 4 bridgehead atoms. The molecule has 0 saturated carbocycles. The van der Waals surface area contributed by atoms with Crippen LogP contribution in [0.1, 0.15) is 50.5 Å². The molecule has 0 radical (unpaired) electrons. The average Bonchev–Trinajstić information content (AvgIpc) is 3.62. The molecule has 0 aliphatic carbocycles. The summed E-state index contributed by atoms with van der Waals surface area (Å²) in [5.74, 6) is -1.88. The van der Waals surface area contributed by atoms with E-state index in [1.54, 1.807) is 6.92 Å². The molecule has 6 saturated heterocycles. The van der Waals surface area contributed by atoms with Crippen LogP contribution in [0.15, 0.2) is 12.1 Å². The van der Waals surface area contributed by atoms with Crippen molar-refractivity contribution in [2.75, 3.05) is 39.8 Å². The Bertz CT molecular complexity index is 1090. The molecular weight excluding hydrogens is 530 g/mol. The molecule has 230 valence electrons. The summed E-state index contributed by atoms with van der Waals surface area (Å²) in [6.45, 7) is 7.77. The second kappa shape index (κ2) is 11.0. The molecule has 1 aromatic rings. The Morgan fingerprint density at radius 2 is 1.88 bits per heavy atom. The van der Waals surface area contributed by atoms with E-state index in [0.717, 1.165) is 44.6 Å². The van der Waals surface area contributed by atoms with Crippen LogP contribution in [0.4, 0.5) is 8.78 Å². The predicted molar refractivity (Wildman–Crippen MR) is 151 cm³/mol. The molecule has 6 aliphatic heterocycles. The first-order valence-corrected chi connectivity index (χ1v) is 15.6. The molecule has 9 unspecified atom stereocenters. The van der Waals surface area contributed by atoms with Gasteiger partial charge in [-0.3, -0.25) is 21.0 Å².